The van der Waals surface area contributed by atoms with E-state index in [1.165, 1.54) is 13.2 Å². The van der Waals surface area contributed by atoms with E-state index in [1.54, 1.807) is 18.2 Å². The number of carbonyl (C=O) groups excluding carboxylic acids is 1. The Morgan fingerprint density at radius 3 is 2.68 bits per heavy atom. The zero-order valence-electron chi connectivity index (χ0n) is 12.0. The van der Waals surface area contributed by atoms with E-state index in [-0.39, 0.29) is 17.1 Å². The van der Waals surface area contributed by atoms with Crippen LogP contribution in [0, 0.1) is 5.13 Å². The minimum Gasteiger partial charge on any atom is -0.465 e. The molecule has 5 heteroatoms. The third-order valence-electron chi connectivity index (χ3n) is 3.50. The van der Waals surface area contributed by atoms with Crippen molar-refractivity contribution in [3.05, 3.63) is 63.6 Å². The third-order valence-corrected chi connectivity index (χ3v) is 4.45. The first-order valence-electron chi connectivity index (χ1n) is 6.83. The molecule has 2 heterocycles. The number of aliphatic imine (C=N–C) groups is 1. The molecule has 1 aliphatic rings. The topological polar surface area (TPSA) is 38.7 Å². The standard InChI is InChI=1S/C17H14FNO2S/c1-21-17(20)12-4-2-11(3-5-12)14-10-13(8-9-19-14)15-6-7-16(18)22-15/h2-7,9-10,14H,8H2,1H3/t14-/m0/s1. The van der Waals surface area contributed by atoms with E-state index >= 15 is 0 Å². The predicted molar refractivity (Wildman–Crippen MR) is 85.9 cm³/mol. The van der Waals surface area contributed by atoms with Gasteiger partial charge in [-0.05, 0) is 35.4 Å². The van der Waals surface area contributed by atoms with Crippen molar-refractivity contribution in [1.29, 1.82) is 0 Å². The van der Waals surface area contributed by atoms with Crippen LogP contribution in [0.5, 0.6) is 0 Å². The molecule has 0 unspecified atom stereocenters. The lowest BCUT2D eigenvalue weighted by Gasteiger charge is -2.15. The summed E-state index contributed by atoms with van der Waals surface area (Å²) < 4.78 is 17.9. The van der Waals surface area contributed by atoms with Crippen molar-refractivity contribution in [1.82, 2.24) is 0 Å². The Hall–Kier alpha value is -2.27. The number of hydrogen-bond acceptors (Lipinski definition) is 4. The molecular formula is C17H14FNO2S. The number of halogens is 1. The van der Waals surface area contributed by atoms with Gasteiger partial charge in [-0.15, -0.1) is 11.3 Å². The highest BCUT2D eigenvalue weighted by Crippen LogP contribution is 2.32. The Bertz CT molecular complexity index is 746. The second-order valence-corrected chi connectivity index (χ2v) is 5.92. The van der Waals surface area contributed by atoms with E-state index in [2.05, 4.69) is 9.73 Å². The second-order valence-electron chi connectivity index (χ2n) is 4.89. The van der Waals surface area contributed by atoms with Crippen LogP contribution in [0.1, 0.15) is 33.3 Å². The highest BCUT2D eigenvalue weighted by Gasteiger charge is 2.15. The molecule has 0 bridgehead atoms. The average molecular weight is 315 g/mol. The van der Waals surface area contributed by atoms with Crippen LogP contribution in [-0.4, -0.2) is 19.3 Å². The number of ether oxygens (including phenoxy) is 1. The van der Waals surface area contributed by atoms with Crippen LogP contribution in [0.4, 0.5) is 4.39 Å². The molecular weight excluding hydrogens is 301 g/mol. The number of rotatable bonds is 3. The molecule has 0 saturated carbocycles. The Morgan fingerprint density at radius 2 is 2.05 bits per heavy atom. The smallest absolute Gasteiger partial charge is 0.337 e. The number of benzene rings is 1. The van der Waals surface area contributed by atoms with Crippen molar-refractivity contribution in [2.75, 3.05) is 7.11 Å². The quantitative estimate of drug-likeness (QED) is 0.793. The Balaban J connectivity index is 1.85. The lowest BCUT2D eigenvalue weighted by molar-refractivity contribution is 0.0600. The lowest BCUT2D eigenvalue weighted by Crippen LogP contribution is -2.03. The molecule has 0 radical (unpaired) electrons. The number of dihydropyridines is 1. The highest BCUT2D eigenvalue weighted by molar-refractivity contribution is 7.11. The van der Waals surface area contributed by atoms with Gasteiger partial charge >= 0.3 is 5.97 Å². The predicted octanol–water partition coefficient (Wildman–Crippen LogP) is 4.27. The Morgan fingerprint density at radius 1 is 1.27 bits per heavy atom. The molecule has 1 aliphatic heterocycles. The number of esters is 1. The van der Waals surface area contributed by atoms with Crippen molar-refractivity contribution in [2.24, 2.45) is 4.99 Å². The van der Waals surface area contributed by atoms with E-state index in [4.69, 9.17) is 0 Å². The number of carbonyl (C=O) groups is 1. The van der Waals surface area contributed by atoms with E-state index in [0.29, 0.717) is 12.0 Å². The van der Waals surface area contributed by atoms with Crippen LogP contribution in [0.15, 0.2) is 47.5 Å². The second kappa shape index (κ2) is 6.23. The largest absolute Gasteiger partial charge is 0.465 e. The summed E-state index contributed by atoms with van der Waals surface area (Å²) in [5, 5.41) is -0.183. The van der Waals surface area contributed by atoms with E-state index in [1.807, 2.05) is 24.4 Å². The van der Waals surface area contributed by atoms with Gasteiger partial charge < -0.3 is 4.74 Å². The molecule has 0 aliphatic carbocycles. The molecule has 2 aromatic rings. The molecule has 3 rings (SSSR count). The summed E-state index contributed by atoms with van der Waals surface area (Å²) in [4.78, 5) is 16.8. The first-order chi connectivity index (χ1) is 10.7. The van der Waals surface area contributed by atoms with Gasteiger partial charge in [-0.2, -0.15) is 4.39 Å². The van der Waals surface area contributed by atoms with Crippen LogP contribution in [0.2, 0.25) is 0 Å². The monoisotopic (exact) mass is 315 g/mol. The van der Waals surface area contributed by atoms with Crippen molar-refractivity contribution in [3.8, 4) is 0 Å². The van der Waals surface area contributed by atoms with Crippen LogP contribution in [0.3, 0.4) is 0 Å². The molecule has 0 spiro atoms. The summed E-state index contributed by atoms with van der Waals surface area (Å²) in [6.45, 7) is 0. The minimum atomic E-state index is -0.357. The molecule has 1 atom stereocenters. The van der Waals surface area contributed by atoms with Crippen molar-refractivity contribution >= 4 is 29.1 Å². The van der Waals surface area contributed by atoms with Gasteiger partial charge in [0, 0.05) is 17.5 Å². The molecule has 112 valence electrons. The number of allylic oxidation sites excluding steroid dienone is 1. The summed E-state index contributed by atoms with van der Waals surface area (Å²) in [6.07, 6.45) is 4.60. The fourth-order valence-electron chi connectivity index (χ4n) is 2.35. The van der Waals surface area contributed by atoms with E-state index < -0.39 is 0 Å². The number of thiophene rings is 1. The molecule has 0 fully saturated rings. The van der Waals surface area contributed by atoms with E-state index in [9.17, 15) is 9.18 Å². The maximum atomic E-state index is 13.2. The van der Waals surface area contributed by atoms with Gasteiger partial charge in [-0.25, -0.2) is 4.79 Å². The molecule has 1 aromatic carbocycles. The minimum absolute atomic E-state index is 0.111. The summed E-state index contributed by atoms with van der Waals surface area (Å²) in [7, 11) is 1.36. The van der Waals surface area contributed by atoms with Crippen molar-refractivity contribution in [2.45, 2.75) is 12.5 Å². The summed E-state index contributed by atoms with van der Waals surface area (Å²) in [5.41, 5.74) is 2.57. The van der Waals surface area contributed by atoms with Crippen LogP contribution >= 0.6 is 11.3 Å². The summed E-state index contributed by atoms with van der Waals surface area (Å²) in [5.74, 6) is -0.357. The van der Waals surface area contributed by atoms with Gasteiger partial charge in [0.05, 0.1) is 18.7 Å². The molecule has 22 heavy (non-hydrogen) atoms. The summed E-state index contributed by atoms with van der Waals surface area (Å²) >= 11 is 1.14. The molecule has 1 aromatic heterocycles. The maximum Gasteiger partial charge on any atom is 0.337 e. The van der Waals surface area contributed by atoms with Crippen molar-refractivity contribution < 1.29 is 13.9 Å². The average Bonchev–Trinajstić information content (AvgIpc) is 3.01. The maximum absolute atomic E-state index is 13.2. The normalized spacial score (nSPS) is 17.2. The first kappa shape index (κ1) is 14.7. The molecule has 0 N–H and O–H groups in total. The van der Waals surface area contributed by atoms with Gasteiger partial charge in [-0.1, -0.05) is 18.2 Å². The van der Waals surface area contributed by atoms with Crippen molar-refractivity contribution in [3.63, 3.8) is 0 Å². The van der Waals surface area contributed by atoms with Gasteiger partial charge in [-0.3, -0.25) is 4.99 Å². The third kappa shape index (κ3) is 2.99. The summed E-state index contributed by atoms with van der Waals surface area (Å²) in [6, 6.07) is 10.3. The van der Waals surface area contributed by atoms with Gasteiger partial charge in [0.25, 0.3) is 0 Å². The molecule has 0 amide bonds. The molecule has 3 nitrogen and oxygen atoms in total. The van der Waals surface area contributed by atoms with Gasteiger partial charge in [0.2, 0.25) is 0 Å². The van der Waals surface area contributed by atoms with Gasteiger partial charge in [0.15, 0.2) is 5.13 Å². The number of hydrogen-bond donors (Lipinski definition) is 0. The van der Waals surface area contributed by atoms with E-state index in [0.717, 1.165) is 27.4 Å². The SMILES string of the molecule is COC(=O)c1ccc([C@@H]2C=C(c3ccc(F)s3)CC=N2)cc1. The zero-order chi connectivity index (χ0) is 15.5. The van der Waals surface area contributed by atoms with Crippen LogP contribution < -0.4 is 0 Å². The first-order valence-corrected chi connectivity index (χ1v) is 7.65. The Kier molecular flexibility index (Phi) is 4.15. The zero-order valence-corrected chi connectivity index (χ0v) is 12.8. The number of methoxy groups -OCH3 is 1. The van der Waals surface area contributed by atoms with Crippen LogP contribution in [0.25, 0.3) is 5.57 Å². The molecule has 0 saturated heterocycles. The van der Waals surface area contributed by atoms with Crippen LogP contribution in [-0.2, 0) is 4.74 Å². The fourth-order valence-corrected chi connectivity index (χ4v) is 3.12. The number of nitrogens with zero attached hydrogens (tertiary/aromatic N) is 1. The Labute approximate surface area is 131 Å². The highest BCUT2D eigenvalue weighted by atomic mass is 32.1. The lowest BCUT2D eigenvalue weighted by atomic mass is 9.99. The fraction of sp³-hybridized carbons (Fsp3) is 0.176. The van der Waals surface area contributed by atoms with Gasteiger partial charge in [0.1, 0.15) is 0 Å².